The van der Waals surface area contributed by atoms with Gasteiger partial charge in [-0.15, -0.1) is 0 Å². The number of nitrogens with one attached hydrogen (secondary N) is 1. The maximum atomic E-state index is 12.0. The first-order valence-corrected chi connectivity index (χ1v) is 7.93. The zero-order chi connectivity index (χ0) is 17.0. The van der Waals surface area contributed by atoms with Crippen molar-refractivity contribution < 1.29 is 9.59 Å². The van der Waals surface area contributed by atoms with Gasteiger partial charge in [-0.3, -0.25) is 14.9 Å². The molecule has 1 aromatic heterocycles. The number of aromatic nitrogens is 1. The van der Waals surface area contributed by atoms with E-state index in [-0.39, 0.29) is 11.8 Å². The molecule has 1 heterocycles. The molecule has 0 radical (unpaired) electrons. The van der Waals surface area contributed by atoms with E-state index in [2.05, 4.69) is 10.3 Å². The summed E-state index contributed by atoms with van der Waals surface area (Å²) < 4.78 is 0. The number of carbonyl (C=O) groups is 2. The summed E-state index contributed by atoms with van der Waals surface area (Å²) in [5, 5.41) is 3.11. The smallest absolute Gasteiger partial charge is 0.265 e. The van der Waals surface area contributed by atoms with Crippen LogP contribution in [0.3, 0.4) is 0 Å². The third-order valence-electron chi connectivity index (χ3n) is 3.13. The van der Waals surface area contributed by atoms with Crippen molar-refractivity contribution in [3.8, 4) is 0 Å². The maximum absolute atomic E-state index is 12.0. The second kappa shape index (κ2) is 7.19. The van der Waals surface area contributed by atoms with Crippen LogP contribution < -0.4 is 5.32 Å². The number of benzene rings is 1. The molecule has 1 N–H and O–H groups in total. The number of hydrogen-bond acceptors (Lipinski definition) is 4. The van der Waals surface area contributed by atoms with Crippen LogP contribution in [-0.4, -0.2) is 35.8 Å². The molecule has 0 bridgehead atoms. The monoisotopic (exact) mass is 329 g/mol. The third kappa shape index (κ3) is 4.50. The van der Waals surface area contributed by atoms with Crippen LogP contribution in [0.4, 0.5) is 5.13 Å². The molecule has 0 atom stereocenters. The Kier molecular flexibility index (Phi) is 5.28. The highest BCUT2D eigenvalue weighted by Crippen LogP contribution is 2.23. The topological polar surface area (TPSA) is 62.3 Å². The van der Waals surface area contributed by atoms with Gasteiger partial charge in [-0.2, -0.15) is 0 Å². The van der Waals surface area contributed by atoms with Crippen LogP contribution >= 0.6 is 11.3 Å². The molecule has 0 saturated heterocycles. The number of aryl methyl sites for hydroxylation is 2. The Morgan fingerprint density at radius 2 is 1.83 bits per heavy atom. The van der Waals surface area contributed by atoms with Crippen molar-refractivity contribution in [3.05, 3.63) is 52.0 Å². The van der Waals surface area contributed by atoms with Crippen molar-refractivity contribution in [2.75, 3.05) is 19.4 Å². The molecule has 2 amide bonds. The highest BCUT2D eigenvalue weighted by molar-refractivity contribution is 7.17. The number of amides is 2. The van der Waals surface area contributed by atoms with E-state index >= 15 is 0 Å². The first-order chi connectivity index (χ1) is 10.9. The Hall–Kier alpha value is -2.47. The summed E-state index contributed by atoms with van der Waals surface area (Å²) in [6.45, 7) is 3.77. The fourth-order valence-corrected chi connectivity index (χ4v) is 2.84. The molecule has 2 rings (SSSR count). The van der Waals surface area contributed by atoms with Crippen molar-refractivity contribution in [2.24, 2.45) is 0 Å². The molecule has 2 aromatic rings. The molecule has 6 heteroatoms. The fraction of sp³-hybridized carbons (Fsp3) is 0.235. The van der Waals surface area contributed by atoms with Gasteiger partial charge in [0.2, 0.25) is 5.91 Å². The van der Waals surface area contributed by atoms with Crippen molar-refractivity contribution in [1.29, 1.82) is 0 Å². The molecule has 0 unspecified atom stereocenters. The first-order valence-electron chi connectivity index (χ1n) is 7.11. The molecule has 0 aliphatic heterocycles. The van der Waals surface area contributed by atoms with E-state index in [0.717, 1.165) is 5.56 Å². The van der Waals surface area contributed by atoms with E-state index < -0.39 is 0 Å². The lowest BCUT2D eigenvalue weighted by Gasteiger charge is -2.07. The van der Waals surface area contributed by atoms with Gasteiger partial charge in [-0.1, -0.05) is 41.2 Å². The number of nitrogens with zero attached hydrogens (tertiary/aromatic N) is 2. The summed E-state index contributed by atoms with van der Waals surface area (Å²) >= 11 is 1.18. The Bertz CT molecular complexity index is 746. The van der Waals surface area contributed by atoms with E-state index in [1.807, 2.05) is 31.2 Å². The lowest BCUT2D eigenvalue weighted by Crippen LogP contribution is -2.21. The summed E-state index contributed by atoms with van der Waals surface area (Å²) in [7, 11) is 3.37. The zero-order valence-electron chi connectivity index (χ0n) is 13.6. The van der Waals surface area contributed by atoms with Crippen molar-refractivity contribution >= 4 is 34.4 Å². The first kappa shape index (κ1) is 16.9. The van der Waals surface area contributed by atoms with E-state index in [1.54, 1.807) is 27.1 Å². The average molecular weight is 329 g/mol. The van der Waals surface area contributed by atoms with Gasteiger partial charge < -0.3 is 4.90 Å². The standard InChI is InChI=1S/C17H19N3O2S/c1-11-5-7-13(8-6-11)9-10-14(21)19-17-18-12(2)15(23-17)16(22)20(3)4/h5-10H,1-4H3,(H,18,19,21)/b10-9+. The normalized spacial score (nSPS) is 10.8. The lowest BCUT2D eigenvalue weighted by atomic mass is 10.1. The summed E-state index contributed by atoms with van der Waals surface area (Å²) in [6.07, 6.45) is 3.19. The van der Waals surface area contributed by atoms with Crippen LogP contribution in [0, 0.1) is 13.8 Å². The second-order valence-electron chi connectivity index (χ2n) is 5.37. The molecular formula is C17H19N3O2S. The van der Waals surface area contributed by atoms with Crippen LogP contribution in [0.5, 0.6) is 0 Å². The van der Waals surface area contributed by atoms with E-state index in [9.17, 15) is 9.59 Å². The van der Waals surface area contributed by atoms with Gasteiger partial charge in [0.05, 0.1) is 5.69 Å². The molecule has 1 aromatic carbocycles. The second-order valence-corrected chi connectivity index (χ2v) is 6.37. The Balaban J connectivity index is 2.04. The molecular weight excluding hydrogens is 310 g/mol. The Labute approximate surface area is 139 Å². The van der Waals surface area contributed by atoms with Crippen molar-refractivity contribution in [3.63, 3.8) is 0 Å². The van der Waals surface area contributed by atoms with Gasteiger partial charge >= 0.3 is 0 Å². The minimum Gasteiger partial charge on any atom is -0.344 e. The number of hydrogen-bond donors (Lipinski definition) is 1. The highest BCUT2D eigenvalue weighted by Gasteiger charge is 2.17. The van der Waals surface area contributed by atoms with Gasteiger partial charge in [0.1, 0.15) is 4.88 Å². The summed E-state index contributed by atoms with van der Waals surface area (Å²) in [6, 6.07) is 7.86. The van der Waals surface area contributed by atoms with Crippen LogP contribution in [-0.2, 0) is 4.79 Å². The molecule has 5 nitrogen and oxygen atoms in total. The van der Waals surface area contributed by atoms with E-state index in [4.69, 9.17) is 0 Å². The SMILES string of the molecule is Cc1ccc(/C=C/C(=O)Nc2nc(C)c(C(=O)N(C)C)s2)cc1. The fourth-order valence-electron chi connectivity index (χ4n) is 1.85. The minimum absolute atomic E-state index is 0.115. The molecule has 23 heavy (non-hydrogen) atoms. The highest BCUT2D eigenvalue weighted by atomic mass is 32.1. The van der Waals surface area contributed by atoms with Crippen LogP contribution in [0.25, 0.3) is 6.08 Å². The average Bonchev–Trinajstić information content (AvgIpc) is 2.86. The lowest BCUT2D eigenvalue weighted by molar-refractivity contribution is -0.111. The van der Waals surface area contributed by atoms with Gasteiger partial charge in [0, 0.05) is 20.2 Å². The van der Waals surface area contributed by atoms with Crippen molar-refractivity contribution in [1.82, 2.24) is 9.88 Å². The summed E-state index contributed by atoms with van der Waals surface area (Å²) in [5.41, 5.74) is 2.74. The molecule has 0 fully saturated rings. The summed E-state index contributed by atoms with van der Waals surface area (Å²) in [4.78, 5) is 30.2. The van der Waals surface area contributed by atoms with Gasteiger partial charge in [-0.05, 0) is 25.5 Å². The van der Waals surface area contributed by atoms with E-state index in [1.165, 1.54) is 27.9 Å². The Morgan fingerprint density at radius 3 is 2.43 bits per heavy atom. The molecule has 0 aliphatic rings. The number of anilines is 1. The largest absolute Gasteiger partial charge is 0.344 e. The third-order valence-corrected chi connectivity index (χ3v) is 4.19. The maximum Gasteiger partial charge on any atom is 0.265 e. The van der Waals surface area contributed by atoms with Gasteiger partial charge in [0.15, 0.2) is 5.13 Å². The predicted octanol–water partition coefficient (Wildman–Crippen LogP) is 3.11. The van der Waals surface area contributed by atoms with Crippen LogP contribution in [0.2, 0.25) is 0 Å². The van der Waals surface area contributed by atoms with Crippen LogP contribution in [0.1, 0.15) is 26.5 Å². The molecule has 0 aliphatic carbocycles. The summed E-state index contributed by atoms with van der Waals surface area (Å²) in [5.74, 6) is -0.390. The van der Waals surface area contributed by atoms with Gasteiger partial charge in [0.25, 0.3) is 5.91 Å². The molecule has 0 saturated carbocycles. The predicted molar refractivity (Wildman–Crippen MR) is 93.7 cm³/mol. The zero-order valence-corrected chi connectivity index (χ0v) is 14.4. The number of carbonyl (C=O) groups excluding carboxylic acids is 2. The quantitative estimate of drug-likeness (QED) is 0.877. The molecule has 0 spiro atoms. The van der Waals surface area contributed by atoms with Gasteiger partial charge in [-0.25, -0.2) is 4.98 Å². The van der Waals surface area contributed by atoms with E-state index in [0.29, 0.717) is 15.7 Å². The number of rotatable bonds is 4. The minimum atomic E-state index is -0.275. The molecule has 120 valence electrons. The number of thiazole rings is 1. The van der Waals surface area contributed by atoms with Crippen LogP contribution in [0.15, 0.2) is 30.3 Å². The van der Waals surface area contributed by atoms with Crippen molar-refractivity contribution in [2.45, 2.75) is 13.8 Å². The Morgan fingerprint density at radius 1 is 1.17 bits per heavy atom.